The van der Waals surface area contributed by atoms with E-state index >= 15 is 0 Å². The van der Waals surface area contributed by atoms with Gasteiger partial charge in [-0.25, -0.2) is 0 Å². The van der Waals surface area contributed by atoms with Crippen LogP contribution in [0.15, 0.2) is 72.1 Å². The molecule has 3 aromatic rings. The molecule has 0 unspecified atom stereocenters. The molecule has 0 radical (unpaired) electrons. The quantitative estimate of drug-likeness (QED) is 0.544. The van der Waals surface area contributed by atoms with Gasteiger partial charge in [0.1, 0.15) is 11.8 Å². The third kappa shape index (κ3) is 5.04. The van der Waals surface area contributed by atoms with E-state index in [-0.39, 0.29) is 30.4 Å². The van der Waals surface area contributed by atoms with Crippen molar-refractivity contribution in [3.8, 4) is 0 Å². The van der Waals surface area contributed by atoms with Crippen molar-refractivity contribution in [1.82, 2.24) is 15.1 Å². The van der Waals surface area contributed by atoms with Crippen LogP contribution in [-0.4, -0.2) is 59.0 Å². The van der Waals surface area contributed by atoms with Crippen LogP contribution in [0, 0.1) is 6.92 Å². The SMILES string of the molecule is Cc1ccc(C(=O)N2[C@@H](C(=O)N[C@H](C)c3ccccc3)COC23CCN(C(=O)c2cccs2)CC3)cc1. The Labute approximate surface area is 221 Å². The fourth-order valence-electron chi connectivity index (χ4n) is 5.15. The van der Waals surface area contributed by atoms with E-state index in [1.54, 1.807) is 21.9 Å². The smallest absolute Gasteiger partial charge is 0.263 e. The molecule has 0 aliphatic carbocycles. The largest absolute Gasteiger partial charge is 0.353 e. The zero-order valence-corrected chi connectivity index (χ0v) is 21.9. The van der Waals surface area contributed by atoms with Crippen molar-refractivity contribution in [2.24, 2.45) is 0 Å². The summed E-state index contributed by atoms with van der Waals surface area (Å²) in [6.45, 7) is 4.91. The first-order valence-corrected chi connectivity index (χ1v) is 13.5. The molecule has 2 fully saturated rings. The third-order valence-electron chi connectivity index (χ3n) is 7.30. The highest BCUT2D eigenvalue weighted by Crippen LogP contribution is 2.39. The number of amides is 3. The lowest BCUT2D eigenvalue weighted by molar-refractivity contribution is -0.128. The fourth-order valence-corrected chi connectivity index (χ4v) is 5.84. The molecule has 7 nitrogen and oxygen atoms in total. The van der Waals surface area contributed by atoms with Gasteiger partial charge in [-0.05, 0) is 43.0 Å². The molecular formula is C29H31N3O4S. The highest BCUT2D eigenvalue weighted by atomic mass is 32.1. The lowest BCUT2D eigenvalue weighted by Crippen LogP contribution is -2.59. The fraction of sp³-hybridized carbons (Fsp3) is 0.345. The molecule has 1 spiro atoms. The molecule has 2 aromatic carbocycles. The number of nitrogens with zero attached hydrogens (tertiary/aromatic N) is 2. The van der Waals surface area contributed by atoms with Crippen molar-refractivity contribution in [2.45, 2.75) is 44.5 Å². The summed E-state index contributed by atoms with van der Waals surface area (Å²) in [6.07, 6.45) is 0.888. The summed E-state index contributed by atoms with van der Waals surface area (Å²) in [5.74, 6) is -0.487. The Morgan fingerprint density at radius 3 is 2.32 bits per heavy atom. The number of ether oxygens (including phenoxy) is 1. The minimum atomic E-state index is -0.938. The Kier molecular flexibility index (Phi) is 7.13. The van der Waals surface area contributed by atoms with E-state index in [9.17, 15) is 14.4 Å². The van der Waals surface area contributed by atoms with Crippen molar-refractivity contribution in [2.75, 3.05) is 19.7 Å². The Balaban J connectivity index is 1.38. The molecule has 2 saturated heterocycles. The zero-order valence-electron chi connectivity index (χ0n) is 21.1. The number of nitrogens with one attached hydrogen (secondary N) is 1. The summed E-state index contributed by atoms with van der Waals surface area (Å²) < 4.78 is 6.31. The summed E-state index contributed by atoms with van der Waals surface area (Å²) in [5.41, 5.74) is 1.62. The summed E-state index contributed by atoms with van der Waals surface area (Å²) in [6, 6.07) is 19.8. The van der Waals surface area contributed by atoms with Crippen LogP contribution in [0.3, 0.4) is 0 Å². The number of hydrogen-bond donors (Lipinski definition) is 1. The predicted octanol–water partition coefficient (Wildman–Crippen LogP) is 4.41. The molecule has 0 saturated carbocycles. The summed E-state index contributed by atoms with van der Waals surface area (Å²) in [7, 11) is 0. The number of thiophene rings is 1. The number of benzene rings is 2. The number of likely N-dealkylation sites (tertiary alicyclic amines) is 1. The number of piperidine rings is 1. The van der Waals surface area contributed by atoms with Gasteiger partial charge in [-0.2, -0.15) is 0 Å². The Morgan fingerprint density at radius 2 is 1.68 bits per heavy atom. The second-order valence-electron chi connectivity index (χ2n) is 9.72. The van der Waals surface area contributed by atoms with Crippen LogP contribution in [0.1, 0.15) is 57.0 Å². The molecular weight excluding hydrogens is 486 g/mol. The molecule has 2 aliphatic heterocycles. The third-order valence-corrected chi connectivity index (χ3v) is 8.16. The van der Waals surface area contributed by atoms with E-state index in [0.717, 1.165) is 11.1 Å². The van der Waals surface area contributed by atoms with Gasteiger partial charge in [0.05, 0.1) is 17.5 Å². The van der Waals surface area contributed by atoms with Gasteiger partial charge in [0, 0.05) is 31.5 Å². The maximum atomic E-state index is 13.9. The minimum absolute atomic E-state index is 0.00904. The maximum Gasteiger partial charge on any atom is 0.263 e. The van der Waals surface area contributed by atoms with Gasteiger partial charge in [-0.15, -0.1) is 11.3 Å². The molecule has 2 aliphatic rings. The molecule has 8 heteroatoms. The molecule has 3 amide bonds. The maximum absolute atomic E-state index is 13.9. The van der Waals surface area contributed by atoms with Crippen LogP contribution >= 0.6 is 11.3 Å². The second kappa shape index (κ2) is 10.5. The molecule has 3 heterocycles. The van der Waals surface area contributed by atoms with Crippen LogP contribution in [0.2, 0.25) is 0 Å². The molecule has 37 heavy (non-hydrogen) atoms. The first-order chi connectivity index (χ1) is 17.9. The van der Waals surface area contributed by atoms with E-state index in [1.807, 2.05) is 73.8 Å². The van der Waals surface area contributed by atoms with E-state index in [0.29, 0.717) is 36.4 Å². The first kappa shape index (κ1) is 25.2. The van der Waals surface area contributed by atoms with Crippen LogP contribution < -0.4 is 5.32 Å². The van der Waals surface area contributed by atoms with Crippen LogP contribution in [0.25, 0.3) is 0 Å². The molecule has 0 bridgehead atoms. The van der Waals surface area contributed by atoms with Crippen molar-refractivity contribution >= 4 is 29.1 Å². The van der Waals surface area contributed by atoms with Gasteiger partial charge < -0.3 is 15.0 Å². The van der Waals surface area contributed by atoms with Gasteiger partial charge in [0.25, 0.3) is 11.8 Å². The second-order valence-corrected chi connectivity index (χ2v) is 10.7. The average Bonchev–Trinajstić information content (AvgIpc) is 3.58. The van der Waals surface area contributed by atoms with Crippen LogP contribution in [-0.2, 0) is 9.53 Å². The summed E-state index contributed by atoms with van der Waals surface area (Å²) >= 11 is 1.42. The lowest BCUT2D eigenvalue weighted by atomic mass is 9.96. The monoisotopic (exact) mass is 517 g/mol. The highest BCUT2D eigenvalue weighted by molar-refractivity contribution is 7.12. The standard InChI is InChI=1S/C29H31N3O4S/c1-20-10-12-23(13-11-20)27(34)32-24(26(33)30-21(2)22-7-4-3-5-8-22)19-36-29(32)14-16-31(17-15-29)28(35)25-9-6-18-37-25/h3-13,18,21,24H,14-17,19H2,1-2H3,(H,30,33)/t21-,24-/m1/s1. The molecule has 192 valence electrons. The van der Waals surface area contributed by atoms with Crippen molar-refractivity contribution in [3.63, 3.8) is 0 Å². The number of carbonyl (C=O) groups is 3. The summed E-state index contributed by atoms with van der Waals surface area (Å²) in [4.78, 5) is 44.5. The van der Waals surface area contributed by atoms with Crippen molar-refractivity contribution in [3.05, 3.63) is 93.7 Å². The van der Waals surface area contributed by atoms with Gasteiger partial charge >= 0.3 is 0 Å². The van der Waals surface area contributed by atoms with Gasteiger partial charge in [0.2, 0.25) is 5.91 Å². The lowest BCUT2D eigenvalue weighted by Gasteiger charge is -2.44. The van der Waals surface area contributed by atoms with E-state index in [4.69, 9.17) is 4.74 Å². The van der Waals surface area contributed by atoms with Crippen LogP contribution in [0.5, 0.6) is 0 Å². The predicted molar refractivity (Wildman–Crippen MR) is 142 cm³/mol. The molecule has 1 N–H and O–H groups in total. The van der Waals surface area contributed by atoms with Crippen LogP contribution in [0.4, 0.5) is 0 Å². The topological polar surface area (TPSA) is 79.0 Å². The summed E-state index contributed by atoms with van der Waals surface area (Å²) in [5, 5.41) is 4.96. The van der Waals surface area contributed by atoms with E-state index < -0.39 is 11.8 Å². The zero-order chi connectivity index (χ0) is 26.0. The number of carbonyl (C=O) groups excluding carboxylic acids is 3. The Bertz CT molecular complexity index is 1250. The average molecular weight is 518 g/mol. The minimum Gasteiger partial charge on any atom is -0.353 e. The van der Waals surface area contributed by atoms with Gasteiger partial charge in [0.15, 0.2) is 0 Å². The van der Waals surface area contributed by atoms with Crippen molar-refractivity contribution < 1.29 is 19.1 Å². The van der Waals surface area contributed by atoms with E-state index in [1.165, 1.54) is 11.3 Å². The molecule has 5 rings (SSSR count). The number of hydrogen-bond acceptors (Lipinski definition) is 5. The number of aryl methyl sites for hydroxylation is 1. The van der Waals surface area contributed by atoms with E-state index in [2.05, 4.69) is 5.32 Å². The van der Waals surface area contributed by atoms with Gasteiger partial charge in [-0.1, -0.05) is 54.1 Å². The first-order valence-electron chi connectivity index (χ1n) is 12.6. The Hall–Kier alpha value is -3.49. The molecule has 1 aromatic heterocycles. The normalized spacial score (nSPS) is 19.6. The highest BCUT2D eigenvalue weighted by Gasteiger charge is 2.54. The van der Waals surface area contributed by atoms with Gasteiger partial charge in [-0.3, -0.25) is 19.3 Å². The molecule has 2 atom stereocenters. The van der Waals surface area contributed by atoms with Crippen molar-refractivity contribution in [1.29, 1.82) is 0 Å². The Morgan fingerprint density at radius 1 is 0.973 bits per heavy atom. The number of rotatable bonds is 5.